The van der Waals surface area contributed by atoms with E-state index in [1.165, 1.54) is 0 Å². The van der Waals surface area contributed by atoms with Crippen LogP contribution in [0.3, 0.4) is 0 Å². The fourth-order valence-electron chi connectivity index (χ4n) is 1.87. The number of hydrogen-bond donors (Lipinski definition) is 1. The van der Waals surface area contributed by atoms with Crippen LogP contribution in [0.15, 0.2) is 24.7 Å². The summed E-state index contributed by atoms with van der Waals surface area (Å²) < 4.78 is 9.08. The summed E-state index contributed by atoms with van der Waals surface area (Å²) >= 11 is 0. The molecule has 1 unspecified atom stereocenters. The highest BCUT2D eigenvalue weighted by Crippen LogP contribution is 2.14. The van der Waals surface area contributed by atoms with Crippen molar-refractivity contribution in [1.29, 1.82) is 0 Å². The van der Waals surface area contributed by atoms with E-state index >= 15 is 0 Å². The van der Waals surface area contributed by atoms with Gasteiger partial charge in [0.2, 0.25) is 5.95 Å². The van der Waals surface area contributed by atoms with Crippen molar-refractivity contribution in [2.75, 3.05) is 19.0 Å². The van der Waals surface area contributed by atoms with Crippen LogP contribution in [0.5, 0.6) is 0 Å². The molecule has 98 valence electrons. The summed E-state index contributed by atoms with van der Waals surface area (Å²) in [5, 5.41) is 7.44. The van der Waals surface area contributed by atoms with E-state index in [0.717, 1.165) is 11.6 Å². The molecular formula is C12H19N5O. The maximum atomic E-state index is 5.16. The van der Waals surface area contributed by atoms with Gasteiger partial charge in [0.1, 0.15) is 0 Å². The lowest BCUT2D eigenvalue weighted by Crippen LogP contribution is -2.15. The molecule has 1 N–H and O–H groups in total. The van der Waals surface area contributed by atoms with Gasteiger partial charge in [0.25, 0.3) is 0 Å². The standard InChI is InChI=1S/C12H19N5O/c1-10(9-18-3)17-7-6-13-12(17)14-8-11-4-5-15-16(11)2/h4-7,10H,8-9H2,1-3H3,(H,13,14). The molecule has 0 amide bonds. The minimum atomic E-state index is 0.256. The first-order chi connectivity index (χ1) is 8.72. The predicted octanol–water partition coefficient (Wildman–Crippen LogP) is 1.44. The summed E-state index contributed by atoms with van der Waals surface area (Å²) in [6.45, 7) is 3.46. The van der Waals surface area contributed by atoms with Gasteiger partial charge in [-0.3, -0.25) is 4.68 Å². The normalized spacial score (nSPS) is 12.6. The quantitative estimate of drug-likeness (QED) is 0.841. The molecule has 0 aromatic carbocycles. The Morgan fingerprint density at radius 1 is 1.44 bits per heavy atom. The lowest BCUT2D eigenvalue weighted by Gasteiger charge is -2.16. The predicted molar refractivity (Wildman–Crippen MR) is 69.3 cm³/mol. The Kier molecular flexibility index (Phi) is 3.99. The summed E-state index contributed by atoms with van der Waals surface area (Å²) in [5.74, 6) is 0.848. The number of aryl methyl sites for hydroxylation is 1. The van der Waals surface area contributed by atoms with Crippen molar-refractivity contribution in [2.24, 2.45) is 7.05 Å². The van der Waals surface area contributed by atoms with E-state index in [4.69, 9.17) is 4.74 Å². The first-order valence-electron chi connectivity index (χ1n) is 5.95. The maximum absolute atomic E-state index is 5.16. The van der Waals surface area contributed by atoms with Gasteiger partial charge in [-0.15, -0.1) is 0 Å². The summed E-state index contributed by atoms with van der Waals surface area (Å²) in [6, 6.07) is 2.24. The Labute approximate surface area is 107 Å². The Morgan fingerprint density at radius 3 is 2.94 bits per heavy atom. The SMILES string of the molecule is COCC(C)n1ccnc1NCc1ccnn1C. The van der Waals surface area contributed by atoms with Crippen molar-refractivity contribution in [1.82, 2.24) is 19.3 Å². The molecule has 0 bridgehead atoms. The average Bonchev–Trinajstić information content (AvgIpc) is 2.95. The van der Waals surface area contributed by atoms with Crippen LogP contribution in [0.1, 0.15) is 18.7 Å². The van der Waals surface area contributed by atoms with Gasteiger partial charge in [-0.25, -0.2) is 4.98 Å². The molecule has 6 heteroatoms. The smallest absolute Gasteiger partial charge is 0.203 e. The molecule has 0 aliphatic rings. The van der Waals surface area contributed by atoms with Crippen molar-refractivity contribution < 1.29 is 4.74 Å². The molecule has 0 radical (unpaired) electrons. The van der Waals surface area contributed by atoms with Crippen molar-refractivity contribution in [3.63, 3.8) is 0 Å². The number of aromatic nitrogens is 4. The van der Waals surface area contributed by atoms with Crippen molar-refractivity contribution in [3.8, 4) is 0 Å². The number of nitrogens with zero attached hydrogens (tertiary/aromatic N) is 4. The average molecular weight is 249 g/mol. The number of imidazole rings is 1. The zero-order chi connectivity index (χ0) is 13.0. The van der Waals surface area contributed by atoms with E-state index in [1.807, 2.05) is 24.0 Å². The van der Waals surface area contributed by atoms with Gasteiger partial charge in [-0.1, -0.05) is 0 Å². The number of hydrogen-bond acceptors (Lipinski definition) is 4. The van der Waals surface area contributed by atoms with Crippen molar-refractivity contribution in [3.05, 3.63) is 30.4 Å². The Balaban J connectivity index is 2.02. The van der Waals surface area contributed by atoms with E-state index in [1.54, 1.807) is 19.5 Å². The monoisotopic (exact) mass is 249 g/mol. The third kappa shape index (κ3) is 2.70. The summed E-state index contributed by atoms with van der Waals surface area (Å²) in [7, 11) is 3.63. The molecule has 2 aromatic rings. The number of rotatable bonds is 6. The highest BCUT2D eigenvalue weighted by Gasteiger charge is 2.09. The van der Waals surface area contributed by atoms with Gasteiger partial charge < -0.3 is 14.6 Å². The number of anilines is 1. The lowest BCUT2D eigenvalue weighted by atomic mass is 10.3. The summed E-state index contributed by atoms with van der Waals surface area (Å²) in [5.41, 5.74) is 1.11. The molecule has 2 aromatic heterocycles. The van der Waals surface area contributed by atoms with Gasteiger partial charge in [0, 0.05) is 32.7 Å². The molecule has 18 heavy (non-hydrogen) atoms. The van der Waals surface area contributed by atoms with Gasteiger partial charge >= 0.3 is 0 Å². The molecule has 0 spiro atoms. The Bertz CT molecular complexity index is 490. The highest BCUT2D eigenvalue weighted by atomic mass is 16.5. The van der Waals surface area contributed by atoms with Crippen LogP contribution in [-0.4, -0.2) is 33.0 Å². The summed E-state index contributed by atoms with van der Waals surface area (Å²) in [4.78, 5) is 4.32. The molecule has 1 atom stereocenters. The lowest BCUT2D eigenvalue weighted by molar-refractivity contribution is 0.163. The highest BCUT2D eigenvalue weighted by molar-refractivity contribution is 5.27. The number of ether oxygens (including phenoxy) is 1. The van der Waals surface area contributed by atoms with Crippen molar-refractivity contribution in [2.45, 2.75) is 19.5 Å². The van der Waals surface area contributed by atoms with Crippen LogP contribution in [0.25, 0.3) is 0 Å². The zero-order valence-corrected chi connectivity index (χ0v) is 11.0. The van der Waals surface area contributed by atoms with Gasteiger partial charge in [0.05, 0.1) is 24.9 Å². The number of methoxy groups -OCH3 is 1. The van der Waals surface area contributed by atoms with Crippen LogP contribution >= 0.6 is 0 Å². The van der Waals surface area contributed by atoms with Crippen LogP contribution in [0, 0.1) is 0 Å². The van der Waals surface area contributed by atoms with Gasteiger partial charge in [-0.05, 0) is 13.0 Å². The molecule has 0 aliphatic carbocycles. The maximum Gasteiger partial charge on any atom is 0.203 e. The van der Waals surface area contributed by atoms with E-state index < -0.39 is 0 Å². The van der Waals surface area contributed by atoms with E-state index in [-0.39, 0.29) is 6.04 Å². The molecule has 0 saturated carbocycles. The minimum absolute atomic E-state index is 0.256. The molecule has 6 nitrogen and oxygen atoms in total. The van der Waals surface area contributed by atoms with Crippen LogP contribution in [0.2, 0.25) is 0 Å². The van der Waals surface area contributed by atoms with E-state index in [9.17, 15) is 0 Å². The molecule has 2 rings (SSSR count). The first-order valence-corrected chi connectivity index (χ1v) is 5.95. The first kappa shape index (κ1) is 12.6. The Hall–Kier alpha value is -1.82. The second kappa shape index (κ2) is 5.68. The second-order valence-corrected chi connectivity index (χ2v) is 4.26. The zero-order valence-electron chi connectivity index (χ0n) is 11.0. The van der Waals surface area contributed by atoms with Crippen LogP contribution in [0.4, 0.5) is 5.95 Å². The fourth-order valence-corrected chi connectivity index (χ4v) is 1.87. The molecular weight excluding hydrogens is 230 g/mol. The number of nitrogens with one attached hydrogen (secondary N) is 1. The molecule has 0 saturated heterocycles. The molecule has 0 fully saturated rings. The third-order valence-electron chi connectivity index (χ3n) is 2.90. The third-order valence-corrected chi connectivity index (χ3v) is 2.90. The summed E-state index contributed by atoms with van der Waals surface area (Å²) in [6.07, 6.45) is 5.53. The van der Waals surface area contributed by atoms with Gasteiger partial charge in [-0.2, -0.15) is 5.10 Å². The topological polar surface area (TPSA) is 56.9 Å². The van der Waals surface area contributed by atoms with Crippen molar-refractivity contribution >= 4 is 5.95 Å². The molecule has 0 aliphatic heterocycles. The van der Waals surface area contributed by atoms with Crippen LogP contribution in [-0.2, 0) is 18.3 Å². The Morgan fingerprint density at radius 2 is 2.28 bits per heavy atom. The minimum Gasteiger partial charge on any atom is -0.383 e. The largest absolute Gasteiger partial charge is 0.383 e. The van der Waals surface area contributed by atoms with E-state index in [2.05, 4.69) is 26.9 Å². The molecule has 2 heterocycles. The van der Waals surface area contributed by atoms with E-state index in [0.29, 0.717) is 13.2 Å². The van der Waals surface area contributed by atoms with Crippen LogP contribution < -0.4 is 5.32 Å². The van der Waals surface area contributed by atoms with Gasteiger partial charge in [0.15, 0.2) is 0 Å². The fraction of sp³-hybridized carbons (Fsp3) is 0.500. The second-order valence-electron chi connectivity index (χ2n) is 4.26.